The molecule has 0 unspecified atom stereocenters. The van der Waals surface area contributed by atoms with Crippen LogP contribution >= 0.6 is 15.9 Å². The van der Waals surface area contributed by atoms with Gasteiger partial charge in [0, 0.05) is 22.7 Å². The summed E-state index contributed by atoms with van der Waals surface area (Å²) >= 11 is 3.53. The highest BCUT2D eigenvalue weighted by molar-refractivity contribution is 9.10. The van der Waals surface area contributed by atoms with Crippen LogP contribution < -0.4 is 5.73 Å². The summed E-state index contributed by atoms with van der Waals surface area (Å²) in [6.07, 6.45) is 2.83. The van der Waals surface area contributed by atoms with Gasteiger partial charge < -0.3 is 5.73 Å². The lowest BCUT2D eigenvalue weighted by Crippen LogP contribution is -2.04. The van der Waals surface area contributed by atoms with Crippen molar-refractivity contribution in [3.63, 3.8) is 0 Å². The summed E-state index contributed by atoms with van der Waals surface area (Å²) in [6.45, 7) is 2.69. The van der Waals surface area contributed by atoms with Crippen molar-refractivity contribution in [2.24, 2.45) is 5.73 Å². The average molecular weight is 330 g/mol. The number of benzene rings is 1. The molecule has 3 rings (SSSR count). The molecule has 0 aliphatic rings. The molecule has 4 heteroatoms. The lowest BCUT2D eigenvalue weighted by atomic mass is 10.1. The lowest BCUT2D eigenvalue weighted by molar-refractivity contribution is 0.939. The standard InChI is InChI=1S/C16H16BrN3/c1-11-2-4-12(5-3-11)16-14(8-9-18)19-15-7-6-13(17)10-20(15)16/h2-7,10H,8-9,18H2,1H3. The van der Waals surface area contributed by atoms with Crippen LogP contribution in [-0.2, 0) is 6.42 Å². The van der Waals surface area contributed by atoms with E-state index in [0.29, 0.717) is 6.54 Å². The molecule has 0 saturated carbocycles. The molecule has 3 aromatic rings. The van der Waals surface area contributed by atoms with Gasteiger partial charge in [-0.05, 0) is 41.5 Å². The monoisotopic (exact) mass is 329 g/mol. The molecule has 0 radical (unpaired) electrons. The molecule has 0 fully saturated rings. The van der Waals surface area contributed by atoms with Crippen LogP contribution in [0.5, 0.6) is 0 Å². The Morgan fingerprint density at radius 1 is 1.15 bits per heavy atom. The van der Waals surface area contributed by atoms with E-state index in [1.54, 1.807) is 0 Å². The van der Waals surface area contributed by atoms with Gasteiger partial charge >= 0.3 is 0 Å². The van der Waals surface area contributed by atoms with Crippen molar-refractivity contribution < 1.29 is 0 Å². The zero-order chi connectivity index (χ0) is 14.1. The molecule has 0 saturated heterocycles. The highest BCUT2D eigenvalue weighted by Crippen LogP contribution is 2.27. The number of imidazole rings is 1. The normalized spacial score (nSPS) is 11.2. The molecule has 20 heavy (non-hydrogen) atoms. The number of pyridine rings is 1. The predicted molar refractivity (Wildman–Crippen MR) is 85.8 cm³/mol. The maximum atomic E-state index is 5.72. The van der Waals surface area contributed by atoms with E-state index in [4.69, 9.17) is 10.7 Å². The third kappa shape index (κ3) is 2.37. The first kappa shape index (κ1) is 13.3. The second-order valence-corrected chi connectivity index (χ2v) is 5.80. The van der Waals surface area contributed by atoms with Crippen molar-refractivity contribution in [3.05, 3.63) is 58.3 Å². The van der Waals surface area contributed by atoms with Crippen molar-refractivity contribution in [3.8, 4) is 11.3 Å². The molecule has 0 aliphatic carbocycles. The van der Waals surface area contributed by atoms with Gasteiger partial charge in [0.25, 0.3) is 0 Å². The number of nitrogens with zero attached hydrogens (tertiary/aromatic N) is 2. The minimum Gasteiger partial charge on any atom is -0.330 e. The van der Waals surface area contributed by atoms with E-state index < -0.39 is 0 Å². The Labute approximate surface area is 126 Å². The fourth-order valence-electron chi connectivity index (χ4n) is 2.40. The van der Waals surface area contributed by atoms with Crippen molar-refractivity contribution in [1.82, 2.24) is 9.38 Å². The molecule has 0 aliphatic heterocycles. The molecule has 0 spiro atoms. The first-order valence-electron chi connectivity index (χ1n) is 6.62. The van der Waals surface area contributed by atoms with Crippen molar-refractivity contribution in [2.75, 3.05) is 6.54 Å². The molecule has 0 amide bonds. The van der Waals surface area contributed by atoms with Gasteiger partial charge in [-0.25, -0.2) is 4.98 Å². The van der Waals surface area contributed by atoms with Gasteiger partial charge in [-0.1, -0.05) is 29.8 Å². The van der Waals surface area contributed by atoms with Gasteiger partial charge in [0.05, 0.1) is 11.4 Å². The zero-order valence-corrected chi connectivity index (χ0v) is 12.9. The smallest absolute Gasteiger partial charge is 0.137 e. The summed E-state index contributed by atoms with van der Waals surface area (Å²) in [6, 6.07) is 12.5. The van der Waals surface area contributed by atoms with Crippen molar-refractivity contribution >= 4 is 21.6 Å². The molecule has 0 bridgehead atoms. The second-order valence-electron chi connectivity index (χ2n) is 4.89. The van der Waals surface area contributed by atoms with Crippen LogP contribution in [-0.4, -0.2) is 15.9 Å². The fraction of sp³-hybridized carbons (Fsp3) is 0.188. The molecule has 102 valence electrons. The van der Waals surface area contributed by atoms with Gasteiger partial charge in [0.1, 0.15) is 5.65 Å². The Morgan fingerprint density at radius 3 is 2.60 bits per heavy atom. The summed E-state index contributed by atoms with van der Waals surface area (Å²) in [5, 5.41) is 0. The van der Waals surface area contributed by atoms with E-state index in [0.717, 1.165) is 27.9 Å². The van der Waals surface area contributed by atoms with E-state index in [1.165, 1.54) is 11.1 Å². The average Bonchev–Trinajstić information content (AvgIpc) is 2.78. The quantitative estimate of drug-likeness (QED) is 0.798. The first-order valence-corrected chi connectivity index (χ1v) is 7.42. The maximum absolute atomic E-state index is 5.72. The lowest BCUT2D eigenvalue weighted by Gasteiger charge is -2.06. The number of nitrogens with two attached hydrogens (primary N) is 1. The van der Waals surface area contributed by atoms with E-state index in [1.807, 2.05) is 12.1 Å². The summed E-state index contributed by atoms with van der Waals surface area (Å²) in [7, 11) is 0. The topological polar surface area (TPSA) is 43.3 Å². The summed E-state index contributed by atoms with van der Waals surface area (Å²) in [5.41, 5.74) is 11.3. The van der Waals surface area contributed by atoms with Crippen molar-refractivity contribution in [2.45, 2.75) is 13.3 Å². The molecule has 0 atom stereocenters. The van der Waals surface area contributed by atoms with Gasteiger partial charge in [0.2, 0.25) is 0 Å². The highest BCUT2D eigenvalue weighted by Gasteiger charge is 2.13. The first-order chi connectivity index (χ1) is 9.69. The fourth-order valence-corrected chi connectivity index (χ4v) is 2.73. The Bertz CT molecular complexity index is 744. The van der Waals surface area contributed by atoms with Gasteiger partial charge in [0.15, 0.2) is 0 Å². The third-order valence-electron chi connectivity index (χ3n) is 3.36. The second kappa shape index (κ2) is 5.38. The Balaban J connectivity index is 2.27. The zero-order valence-electron chi connectivity index (χ0n) is 11.3. The molecule has 3 nitrogen and oxygen atoms in total. The number of rotatable bonds is 3. The Hall–Kier alpha value is -1.65. The molecular weight excluding hydrogens is 314 g/mol. The SMILES string of the molecule is Cc1ccc(-c2c(CCN)nc3ccc(Br)cn23)cc1. The van der Waals surface area contributed by atoms with Crippen molar-refractivity contribution in [1.29, 1.82) is 0 Å². The summed E-state index contributed by atoms with van der Waals surface area (Å²) in [5.74, 6) is 0. The number of aryl methyl sites for hydroxylation is 1. The maximum Gasteiger partial charge on any atom is 0.137 e. The van der Waals surface area contributed by atoms with Crippen LogP contribution in [0.25, 0.3) is 16.9 Å². The number of aromatic nitrogens is 2. The van der Waals surface area contributed by atoms with Crippen LogP contribution in [0, 0.1) is 6.92 Å². The van der Waals surface area contributed by atoms with Crippen LogP contribution in [0.2, 0.25) is 0 Å². The largest absolute Gasteiger partial charge is 0.330 e. The van der Waals surface area contributed by atoms with E-state index in [-0.39, 0.29) is 0 Å². The van der Waals surface area contributed by atoms with Gasteiger partial charge in [-0.3, -0.25) is 4.40 Å². The molecular formula is C16H16BrN3. The van der Waals surface area contributed by atoms with E-state index in [2.05, 4.69) is 57.7 Å². The molecule has 2 heterocycles. The molecule has 2 N–H and O–H groups in total. The van der Waals surface area contributed by atoms with E-state index in [9.17, 15) is 0 Å². The van der Waals surface area contributed by atoms with Gasteiger partial charge in [-0.15, -0.1) is 0 Å². The number of halogens is 1. The highest BCUT2D eigenvalue weighted by atomic mass is 79.9. The summed E-state index contributed by atoms with van der Waals surface area (Å²) in [4.78, 5) is 4.70. The van der Waals surface area contributed by atoms with Crippen LogP contribution in [0.1, 0.15) is 11.3 Å². The minimum atomic E-state index is 0.601. The van der Waals surface area contributed by atoms with Crippen LogP contribution in [0.15, 0.2) is 47.1 Å². The number of hydrogen-bond acceptors (Lipinski definition) is 2. The van der Waals surface area contributed by atoms with Crippen LogP contribution in [0.3, 0.4) is 0 Å². The van der Waals surface area contributed by atoms with Crippen LogP contribution in [0.4, 0.5) is 0 Å². The Kier molecular flexibility index (Phi) is 3.59. The minimum absolute atomic E-state index is 0.601. The van der Waals surface area contributed by atoms with Gasteiger partial charge in [-0.2, -0.15) is 0 Å². The Morgan fingerprint density at radius 2 is 1.90 bits per heavy atom. The third-order valence-corrected chi connectivity index (χ3v) is 3.83. The predicted octanol–water partition coefficient (Wildman–Crippen LogP) is 3.57. The summed E-state index contributed by atoms with van der Waals surface area (Å²) < 4.78 is 3.16. The number of hydrogen-bond donors (Lipinski definition) is 1. The molecule has 1 aromatic carbocycles. The molecule has 2 aromatic heterocycles. The van der Waals surface area contributed by atoms with E-state index >= 15 is 0 Å². The number of fused-ring (bicyclic) bond motifs is 1.